The van der Waals surface area contributed by atoms with Crippen LogP contribution in [0.5, 0.6) is 28.7 Å². The molecule has 0 spiro atoms. The second-order valence-corrected chi connectivity index (χ2v) is 10.2. The van der Waals surface area contributed by atoms with Crippen LogP contribution in [0.3, 0.4) is 0 Å². The Hall–Kier alpha value is -5.03. The largest absolute Gasteiger partial charge is 0.427 e. The highest BCUT2D eigenvalue weighted by molar-refractivity contribution is 5.74. The Morgan fingerprint density at radius 1 is 0.558 bits per heavy atom. The first-order chi connectivity index (χ1) is 20.4. The molecule has 2 unspecified atom stereocenters. The van der Waals surface area contributed by atoms with Crippen LogP contribution in [0.1, 0.15) is 74.8 Å². The molecule has 11 nitrogen and oxygen atoms in total. The Bertz CT molecular complexity index is 1610. The summed E-state index contributed by atoms with van der Waals surface area (Å²) < 4.78 is 33.2. The molecule has 3 aromatic rings. The van der Waals surface area contributed by atoms with Crippen LogP contribution < -0.4 is 23.7 Å². The molecule has 0 aromatic heterocycles. The zero-order valence-electron chi connectivity index (χ0n) is 24.0. The smallest absolute Gasteiger partial charge is 0.308 e. The fourth-order valence-corrected chi connectivity index (χ4v) is 5.57. The monoisotopic (exact) mass is 588 g/mol. The lowest BCUT2D eigenvalue weighted by molar-refractivity contribution is -0.133. The number of carbonyl (C=O) groups excluding carboxylic acids is 5. The van der Waals surface area contributed by atoms with Crippen molar-refractivity contribution in [1.82, 2.24) is 0 Å². The minimum Gasteiger partial charge on any atom is -0.427 e. The van der Waals surface area contributed by atoms with E-state index in [1.807, 2.05) is 0 Å². The number of esters is 5. The summed E-state index contributed by atoms with van der Waals surface area (Å²) in [5.41, 5.74) is 2.65. The molecule has 1 fully saturated rings. The van der Waals surface area contributed by atoms with E-state index in [2.05, 4.69) is 0 Å². The lowest BCUT2D eigenvalue weighted by Crippen LogP contribution is -2.25. The van der Waals surface area contributed by atoms with Crippen LogP contribution in [0.25, 0.3) is 0 Å². The van der Waals surface area contributed by atoms with Crippen LogP contribution in [0.15, 0.2) is 54.6 Å². The Morgan fingerprint density at radius 3 is 1.56 bits per heavy atom. The van der Waals surface area contributed by atoms with Gasteiger partial charge in [0, 0.05) is 64.2 Å². The quantitative estimate of drug-likeness (QED) is 0.215. The first-order valence-electron chi connectivity index (χ1n) is 13.4. The number of benzene rings is 3. The summed E-state index contributed by atoms with van der Waals surface area (Å²) in [6.45, 7) is 6.35. The molecule has 0 saturated carbocycles. The molecule has 11 heteroatoms. The van der Waals surface area contributed by atoms with Gasteiger partial charge in [-0.25, -0.2) is 0 Å². The third-order valence-corrected chi connectivity index (χ3v) is 6.83. The molecule has 4 atom stereocenters. The summed E-state index contributed by atoms with van der Waals surface area (Å²) >= 11 is 0. The molecule has 1 saturated heterocycles. The molecule has 222 valence electrons. The predicted molar refractivity (Wildman–Crippen MR) is 148 cm³/mol. The Morgan fingerprint density at radius 2 is 1.05 bits per heavy atom. The van der Waals surface area contributed by atoms with Crippen molar-refractivity contribution in [2.45, 2.75) is 58.7 Å². The van der Waals surface area contributed by atoms with Crippen molar-refractivity contribution in [1.29, 1.82) is 0 Å². The molecule has 0 radical (unpaired) electrons. The van der Waals surface area contributed by atoms with E-state index in [0.717, 1.165) is 5.56 Å². The SMILES string of the molecule is CC(=O)Oc1ccc([C@H]2c3c(OC(C)=O)cc(OC(C)=O)cc3C3OC3[C@@H]2c2cc(OC(C)=O)cc(OC(C)=O)c2)cc1. The average Bonchev–Trinajstić information content (AvgIpc) is 3.67. The second-order valence-electron chi connectivity index (χ2n) is 10.2. The highest BCUT2D eigenvalue weighted by atomic mass is 16.6. The van der Waals surface area contributed by atoms with E-state index in [1.54, 1.807) is 42.5 Å². The molecule has 0 N–H and O–H groups in total. The highest BCUT2D eigenvalue weighted by Crippen LogP contribution is 2.62. The summed E-state index contributed by atoms with van der Waals surface area (Å²) in [5.74, 6) is -2.71. The van der Waals surface area contributed by atoms with Gasteiger partial charge in [-0.15, -0.1) is 0 Å². The first kappa shape index (κ1) is 29.5. The minimum atomic E-state index is -0.587. The van der Waals surface area contributed by atoms with Gasteiger partial charge in [0.2, 0.25) is 0 Å². The maximum atomic E-state index is 12.3. The van der Waals surface area contributed by atoms with Gasteiger partial charge in [0.15, 0.2) is 0 Å². The molecule has 1 heterocycles. The van der Waals surface area contributed by atoms with Crippen molar-refractivity contribution < 1.29 is 52.4 Å². The number of carbonyl (C=O) groups is 5. The number of rotatable bonds is 7. The van der Waals surface area contributed by atoms with Crippen LogP contribution in [0, 0.1) is 0 Å². The van der Waals surface area contributed by atoms with Crippen LogP contribution in [-0.4, -0.2) is 36.0 Å². The minimum absolute atomic E-state index is 0.165. The topological polar surface area (TPSA) is 144 Å². The van der Waals surface area contributed by atoms with Gasteiger partial charge in [0.1, 0.15) is 34.9 Å². The third kappa shape index (κ3) is 6.57. The maximum Gasteiger partial charge on any atom is 0.308 e. The zero-order valence-corrected chi connectivity index (χ0v) is 24.0. The second kappa shape index (κ2) is 11.7. The van der Waals surface area contributed by atoms with E-state index in [0.29, 0.717) is 22.4 Å². The average molecular weight is 589 g/mol. The van der Waals surface area contributed by atoms with Gasteiger partial charge in [0.05, 0.1) is 6.10 Å². The van der Waals surface area contributed by atoms with Gasteiger partial charge in [-0.2, -0.15) is 0 Å². The number of fused-ring (bicyclic) bond motifs is 3. The van der Waals surface area contributed by atoms with Crippen LogP contribution in [0.4, 0.5) is 0 Å². The van der Waals surface area contributed by atoms with Crippen molar-refractivity contribution in [3.63, 3.8) is 0 Å². The van der Waals surface area contributed by atoms with E-state index in [4.69, 9.17) is 28.4 Å². The summed E-state index contributed by atoms with van der Waals surface area (Å²) in [4.78, 5) is 59.3. The van der Waals surface area contributed by atoms with Crippen LogP contribution in [0.2, 0.25) is 0 Å². The molecule has 3 aromatic carbocycles. The molecule has 2 aliphatic rings. The third-order valence-electron chi connectivity index (χ3n) is 6.83. The number of hydrogen-bond donors (Lipinski definition) is 0. The van der Waals surface area contributed by atoms with E-state index >= 15 is 0 Å². The standard InChI is InChI=1S/C32H28O11/c1-15(33)38-22-8-6-20(7-9-22)28-29(21-10-23(39-16(2)34)12-24(11-21)40-17(3)35)32-31(43-32)26-13-25(41-18(4)36)14-27(30(26)28)42-19(5)37/h6-14,28-29,31-32H,1-5H3/t28-,29-,31?,32?/m1/s1. The van der Waals surface area contributed by atoms with Gasteiger partial charge >= 0.3 is 29.8 Å². The maximum absolute atomic E-state index is 12.3. The van der Waals surface area contributed by atoms with Crippen molar-refractivity contribution in [2.24, 2.45) is 0 Å². The molecule has 1 aliphatic heterocycles. The molecule has 0 amide bonds. The lowest BCUT2D eigenvalue weighted by Gasteiger charge is -2.34. The first-order valence-corrected chi connectivity index (χ1v) is 13.4. The van der Waals surface area contributed by atoms with Crippen molar-refractivity contribution in [2.75, 3.05) is 0 Å². The summed E-state index contributed by atoms with van der Waals surface area (Å²) in [5, 5.41) is 0. The summed E-state index contributed by atoms with van der Waals surface area (Å²) in [6.07, 6.45) is -0.850. The van der Waals surface area contributed by atoms with E-state index < -0.39 is 53.9 Å². The normalized spacial score (nSPS) is 19.7. The van der Waals surface area contributed by atoms with Gasteiger partial charge < -0.3 is 28.4 Å². The fourth-order valence-electron chi connectivity index (χ4n) is 5.57. The fraction of sp³-hybridized carbons (Fsp3) is 0.281. The number of hydrogen-bond acceptors (Lipinski definition) is 11. The zero-order chi connectivity index (χ0) is 31.0. The molecule has 0 bridgehead atoms. The van der Waals surface area contributed by atoms with Crippen LogP contribution in [-0.2, 0) is 28.7 Å². The van der Waals surface area contributed by atoms with Crippen molar-refractivity contribution in [3.8, 4) is 28.7 Å². The van der Waals surface area contributed by atoms with Crippen molar-refractivity contribution >= 4 is 29.8 Å². The predicted octanol–water partition coefficient (Wildman–Crippen LogP) is 4.68. The van der Waals surface area contributed by atoms with E-state index in [9.17, 15) is 24.0 Å². The summed E-state index contributed by atoms with van der Waals surface area (Å²) in [7, 11) is 0. The van der Waals surface area contributed by atoms with Crippen LogP contribution >= 0.6 is 0 Å². The van der Waals surface area contributed by atoms with Gasteiger partial charge in [-0.1, -0.05) is 12.1 Å². The molecular weight excluding hydrogens is 560 g/mol. The molecule has 43 heavy (non-hydrogen) atoms. The van der Waals surface area contributed by atoms with E-state index in [1.165, 1.54) is 46.8 Å². The number of epoxide rings is 1. The molecular formula is C32H28O11. The Labute approximate surface area is 246 Å². The summed E-state index contributed by atoms with van der Waals surface area (Å²) in [6, 6.07) is 14.8. The lowest BCUT2D eigenvalue weighted by atomic mass is 9.68. The van der Waals surface area contributed by atoms with Gasteiger partial charge in [0.25, 0.3) is 0 Å². The molecule has 1 aliphatic carbocycles. The molecule has 5 rings (SSSR count). The highest BCUT2D eigenvalue weighted by Gasteiger charge is 2.56. The van der Waals surface area contributed by atoms with Gasteiger partial charge in [-0.3, -0.25) is 24.0 Å². The number of ether oxygens (including phenoxy) is 6. The Kier molecular flexibility index (Phi) is 8.01. The van der Waals surface area contributed by atoms with Crippen molar-refractivity contribution in [3.05, 3.63) is 76.9 Å². The van der Waals surface area contributed by atoms with Gasteiger partial charge in [-0.05, 0) is 47.0 Å². The van der Waals surface area contributed by atoms with E-state index in [-0.39, 0.29) is 23.0 Å². The Balaban J connectivity index is 1.73.